The molecule has 0 amide bonds. The van der Waals surface area contributed by atoms with Crippen LogP contribution >= 0.6 is 22.7 Å². The molecule has 0 saturated heterocycles. The molecule has 0 fully saturated rings. The van der Waals surface area contributed by atoms with Gasteiger partial charge in [-0.25, -0.2) is 0 Å². The molecule has 272 valence electrons. The van der Waals surface area contributed by atoms with Crippen LogP contribution in [0.4, 0.5) is 17.1 Å². The molecule has 0 spiro atoms. The first-order valence-electron chi connectivity index (χ1n) is 19.8. The third kappa shape index (κ3) is 4.94. The smallest absolute Gasteiger partial charge is 0.0714 e. The van der Waals surface area contributed by atoms with Gasteiger partial charge in [-0.2, -0.15) is 0 Å². The predicted octanol–water partition coefficient (Wildman–Crippen LogP) is 15.9. The van der Waals surface area contributed by atoms with E-state index in [4.69, 9.17) is 0 Å². The van der Waals surface area contributed by atoms with Gasteiger partial charge in [0.05, 0.1) is 5.41 Å². The highest BCUT2D eigenvalue weighted by atomic mass is 32.1. The summed E-state index contributed by atoms with van der Waals surface area (Å²) in [5, 5.41) is 5.23. The molecule has 58 heavy (non-hydrogen) atoms. The topological polar surface area (TPSA) is 3.24 Å². The molecule has 0 bridgehead atoms. The number of anilines is 3. The minimum atomic E-state index is -0.414. The number of hydrogen-bond donors (Lipinski definition) is 0. The van der Waals surface area contributed by atoms with E-state index in [9.17, 15) is 0 Å². The van der Waals surface area contributed by atoms with Crippen molar-refractivity contribution >= 4 is 80.1 Å². The SMILES string of the molecule is c1ccc(N(c2ccc(-c3cccc4c3sc3cc5c(cc34)-c3ccccc3C5(c3ccccc3)c3ccccc3)cc2)c2ccc3sc4ccccc4c3c2)cc1. The molecule has 0 aliphatic heterocycles. The van der Waals surface area contributed by atoms with Crippen LogP contribution in [0.2, 0.25) is 0 Å². The molecule has 0 atom stereocenters. The van der Waals surface area contributed by atoms with Gasteiger partial charge in [-0.05, 0) is 105 Å². The first-order chi connectivity index (χ1) is 28.8. The van der Waals surface area contributed by atoms with Gasteiger partial charge in [0.25, 0.3) is 0 Å². The molecule has 1 aliphatic carbocycles. The monoisotopic (exact) mass is 773 g/mol. The number of thiophene rings is 2. The molecule has 2 heterocycles. The maximum atomic E-state index is 2.51. The number of fused-ring (bicyclic) bond motifs is 9. The van der Waals surface area contributed by atoms with Crippen molar-refractivity contribution in [1.82, 2.24) is 0 Å². The summed E-state index contributed by atoms with van der Waals surface area (Å²) in [5.41, 5.74) is 13.4. The van der Waals surface area contributed by atoms with E-state index in [0.29, 0.717) is 0 Å². The molecule has 9 aromatic carbocycles. The Labute approximate surface area is 345 Å². The molecule has 11 aromatic rings. The fraction of sp³-hybridized carbons (Fsp3) is 0.0182. The number of nitrogens with zero attached hydrogens (tertiary/aromatic N) is 1. The second-order valence-corrected chi connectivity index (χ2v) is 17.3. The Morgan fingerprint density at radius 2 is 0.914 bits per heavy atom. The molecular weight excluding hydrogens is 739 g/mol. The Bertz CT molecular complexity index is 3290. The van der Waals surface area contributed by atoms with E-state index in [1.165, 1.54) is 84.9 Å². The van der Waals surface area contributed by atoms with Gasteiger partial charge in [-0.3, -0.25) is 0 Å². The quantitative estimate of drug-likeness (QED) is 0.163. The van der Waals surface area contributed by atoms with Crippen LogP contribution in [0.15, 0.2) is 212 Å². The third-order valence-corrected chi connectivity index (χ3v) is 14.5. The molecule has 1 aliphatic rings. The van der Waals surface area contributed by atoms with Crippen LogP contribution in [0.3, 0.4) is 0 Å². The van der Waals surface area contributed by atoms with Crippen LogP contribution in [-0.4, -0.2) is 0 Å². The van der Waals surface area contributed by atoms with Crippen LogP contribution < -0.4 is 4.90 Å². The van der Waals surface area contributed by atoms with Crippen LogP contribution in [0.5, 0.6) is 0 Å². The lowest BCUT2D eigenvalue weighted by molar-refractivity contribution is 0.770. The summed E-state index contributed by atoms with van der Waals surface area (Å²) in [6.45, 7) is 0. The maximum absolute atomic E-state index is 2.51. The van der Waals surface area contributed by atoms with E-state index in [-0.39, 0.29) is 0 Å². The summed E-state index contributed by atoms with van der Waals surface area (Å²) >= 11 is 3.78. The summed E-state index contributed by atoms with van der Waals surface area (Å²) in [4.78, 5) is 2.38. The van der Waals surface area contributed by atoms with E-state index in [1.54, 1.807) is 0 Å². The van der Waals surface area contributed by atoms with Crippen molar-refractivity contribution in [1.29, 1.82) is 0 Å². The minimum Gasteiger partial charge on any atom is -0.310 e. The molecule has 0 radical (unpaired) electrons. The number of rotatable bonds is 6. The van der Waals surface area contributed by atoms with Gasteiger partial charge in [-0.15, -0.1) is 22.7 Å². The zero-order valence-electron chi connectivity index (χ0n) is 31.5. The van der Waals surface area contributed by atoms with Crippen molar-refractivity contribution in [3.05, 3.63) is 235 Å². The highest BCUT2D eigenvalue weighted by molar-refractivity contribution is 7.26. The fourth-order valence-corrected chi connectivity index (χ4v) is 12.0. The lowest BCUT2D eigenvalue weighted by Gasteiger charge is -2.33. The Balaban J connectivity index is 1.00. The van der Waals surface area contributed by atoms with Gasteiger partial charge in [0, 0.05) is 57.4 Å². The predicted molar refractivity (Wildman–Crippen MR) is 250 cm³/mol. The van der Waals surface area contributed by atoms with Crippen molar-refractivity contribution in [2.45, 2.75) is 5.41 Å². The molecular formula is C55H35NS2. The zero-order valence-corrected chi connectivity index (χ0v) is 33.1. The average Bonchev–Trinajstić information content (AvgIpc) is 3.95. The lowest BCUT2D eigenvalue weighted by Crippen LogP contribution is -2.28. The molecule has 12 rings (SSSR count). The second-order valence-electron chi connectivity index (χ2n) is 15.2. The molecule has 0 N–H and O–H groups in total. The van der Waals surface area contributed by atoms with Gasteiger partial charge < -0.3 is 4.90 Å². The Morgan fingerprint density at radius 1 is 0.328 bits per heavy atom. The van der Waals surface area contributed by atoms with E-state index in [1.807, 2.05) is 22.7 Å². The largest absolute Gasteiger partial charge is 0.310 e. The Hall–Kier alpha value is -6.78. The standard InChI is InChI=1S/C55H35NS2/c1-4-15-37(16-5-1)55(38-17-6-2-7-18-38)49-25-12-10-21-43(49)46-34-48-45-24-14-23-42(54(45)58-53(48)35-50(46)55)36-27-29-40(30-28-36)56(39-19-8-3-9-20-39)41-31-32-52-47(33-41)44-22-11-13-26-51(44)57-52/h1-35H. The van der Waals surface area contributed by atoms with Crippen molar-refractivity contribution in [3.8, 4) is 22.3 Å². The van der Waals surface area contributed by atoms with E-state index >= 15 is 0 Å². The summed E-state index contributed by atoms with van der Waals surface area (Å²) in [6, 6.07) is 78.5. The summed E-state index contributed by atoms with van der Waals surface area (Å²) in [5.74, 6) is 0. The van der Waals surface area contributed by atoms with Crippen LogP contribution in [0.1, 0.15) is 22.3 Å². The van der Waals surface area contributed by atoms with Gasteiger partial charge >= 0.3 is 0 Å². The fourth-order valence-electron chi connectivity index (χ4n) is 9.63. The molecule has 2 aromatic heterocycles. The third-order valence-electron chi connectivity index (χ3n) is 12.1. The number of para-hydroxylation sites is 1. The zero-order chi connectivity index (χ0) is 38.2. The summed E-state index contributed by atoms with van der Waals surface area (Å²) in [7, 11) is 0. The normalized spacial score (nSPS) is 13.0. The summed E-state index contributed by atoms with van der Waals surface area (Å²) in [6.07, 6.45) is 0. The molecule has 0 unspecified atom stereocenters. The number of hydrogen-bond acceptors (Lipinski definition) is 3. The Kier molecular flexibility index (Phi) is 7.56. The van der Waals surface area contributed by atoms with Crippen molar-refractivity contribution in [2.75, 3.05) is 4.90 Å². The van der Waals surface area contributed by atoms with Crippen LogP contribution in [-0.2, 0) is 5.41 Å². The van der Waals surface area contributed by atoms with E-state index in [0.717, 1.165) is 17.1 Å². The summed E-state index contributed by atoms with van der Waals surface area (Å²) < 4.78 is 5.27. The van der Waals surface area contributed by atoms with Gasteiger partial charge in [0.15, 0.2) is 0 Å². The van der Waals surface area contributed by atoms with Crippen molar-refractivity contribution in [2.24, 2.45) is 0 Å². The van der Waals surface area contributed by atoms with Crippen molar-refractivity contribution in [3.63, 3.8) is 0 Å². The van der Waals surface area contributed by atoms with Crippen LogP contribution in [0, 0.1) is 0 Å². The Morgan fingerprint density at radius 3 is 1.69 bits per heavy atom. The molecule has 0 saturated carbocycles. The molecule has 1 nitrogen and oxygen atoms in total. The van der Waals surface area contributed by atoms with Gasteiger partial charge in [0.1, 0.15) is 0 Å². The first kappa shape index (κ1) is 33.4. The number of benzene rings is 9. The van der Waals surface area contributed by atoms with Gasteiger partial charge in [-0.1, -0.05) is 152 Å². The lowest BCUT2D eigenvalue weighted by atomic mass is 9.68. The molecule has 3 heteroatoms. The second kappa shape index (κ2) is 13.1. The van der Waals surface area contributed by atoms with Gasteiger partial charge in [0.2, 0.25) is 0 Å². The van der Waals surface area contributed by atoms with E-state index in [2.05, 4.69) is 217 Å². The average molecular weight is 774 g/mol. The first-order valence-corrected chi connectivity index (χ1v) is 21.5. The minimum absolute atomic E-state index is 0.414. The highest BCUT2D eigenvalue weighted by Gasteiger charge is 2.46. The van der Waals surface area contributed by atoms with Crippen molar-refractivity contribution < 1.29 is 0 Å². The van der Waals surface area contributed by atoms with Crippen LogP contribution in [0.25, 0.3) is 62.6 Å². The highest BCUT2D eigenvalue weighted by Crippen LogP contribution is 2.58. The maximum Gasteiger partial charge on any atom is 0.0714 e. The van der Waals surface area contributed by atoms with E-state index < -0.39 is 5.41 Å².